The number of carbonyl (C=O) groups excluding carboxylic acids is 1. The van der Waals surface area contributed by atoms with Crippen molar-refractivity contribution < 1.29 is 33.3 Å². The monoisotopic (exact) mass is 374 g/mol. The van der Waals surface area contributed by atoms with E-state index in [1.165, 1.54) is 11.3 Å². The van der Waals surface area contributed by atoms with Crippen LogP contribution in [0.1, 0.15) is 16.9 Å². The number of benzene rings is 1. The Morgan fingerprint density at radius 1 is 1.19 bits per heavy atom. The van der Waals surface area contributed by atoms with Gasteiger partial charge in [-0.2, -0.15) is 0 Å². The summed E-state index contributed by atoms with van der Waals surface area (Å²) in [5, 5.41) is 8.93. The lowest BCUT2D eigenvalue weighted by Crippen LogP contribution is -2.46. The molecule has 2 aromatic rings. The van der Waals surface area contributed by atoms with E-state index in [1.807, 2.05) is 0 Å². The number of carbonyl (C=O) groups is 2. The van der Waals surface area contributed by atoms with E-state index in [0.29, 0.717) is 42.6 Å². The van der Waals surface area contributed by atoms with Crippen molar-refractivity contribution in [2.45, 2.75) is 12.5 Å². The van der Waals surface area contributed by atoms with E-state index < -0.39 is 12.1 Å². The molecule has 2 aliphatic heterocycles. The van der Waals surface area contributed by atoms with Crippen LogP contribution in [0.15, 0.2) is 29.0 Å². The second-order valence-corrected chi connectivity index (χ2v) is 6.23. The first-order valence-corrected chi connectivity index (χ1v) is 8.58. The van der Waals surface area contributed by atoms with E-state index in [1.54, 1.807) is 18.2 Å². The molecule has 1 aromatic carbocycles. The fraction of sp³-hybridized carbons (Fsp3) is 0.389. The topological polar surface area (TPSA) is 111 Å². The molecule has 1 atom stereocenters. The maximum atomic E-state index is 12.9. The van der Waals surface area contributed by atoms with Gasteiger partial charge in [-0.15, -0.1) is 0 Å². The summed E-state index contributed by atoms with van der Waals surface area (Å²) in [5.41, 5.74) is 0.818. The van der Waals surface area contributed by atoms with Crippen molar-refractivity contribution >= 4 is 11.9 Å². The van der Waals surface area contributed by atoms with Gasteiger partial charge in [0.15, 0.2) is 29.3 Å². The molecule has 1 aromatic heterocycles. The Bertz CT molecular complexity index is 863. The molecule has 1 N–H and O–H groups in total. The number of nitrogens with zero attached hydrogens (tertiary/aromatic N) is 2. The number of carboxylic acids is 1. The normalized spacial score (nSPS) is 19.0. The standard InChI is InChI=1S/C18H18N2O7/c21-15(22)8-12-9-20(3-4-24-12)18(23)16-17(27-10-19-16)11-1-2-13-14(7-11)26-6-5-25-13/h1-2,7,10,12H,3-6,8-9H2,(H,21,22)/t12-/m1/s1. The maximum Gasteiger partial charge on any atom is 0.306 e. The first kappa shape index (κ1) is 17.3. The number of carboxylic acid groups (broad SMARTS) is 1. The summed E-state index contributed by atoms with van der Waals surface area (Å²) in [6.45, 7) is 1.78. The molecule has 1 fully saturated rings. The van der Waals surface area contributed by atoms with Gasteiger partial charge in [0.1, 0.15) is 13.2 Å². The Labute approximate surface area is 154 Å². The molecule has 27 heavy (non-hydrogen) atoms. The summed E-state index contributed by atoms with van der Waals surface area (Å²) in [5.74, 6) is 0.266. The molecule has 4 rings (SSSR count). The van der Waals surface area contributed by atoms with Gasteiger partial charge < -0.3 is 28.6 Å². The molecular formula is C18H18N2O7. The number of aromatic nitrogens is 1. The molecule has 142 valence electrons. The minimum Gasteiger partial charge on any atom is -0.486 e. The fourth-order valence-corrected chi connectivity index (χ4v) is 3.16. The van der Waals surface area contributed by atoms with Gasteiger partial charge in [0.25, 0.3) is 5.91 Å². The molecule has 0 radical (unpaired) electrons. The van der Waals surface area contributed by atoms with Crippen LogP contribution in [0, 0.1) is 0 Å². The van der Waals surface area contributed by atoms with Crippen molar-refractivity contribution in [2.75, 3.05) is 32.9 Å². The first-order valence-electron chi connectivity index (χ1n) is 8.58. The number of hydrogen-bond acceptors (Lipinski definition) is 7. The number of morpholine rings is 1. The van der Waals surface area contributed by atoms with Gasteiger partial charge in [-0.05, 0) is 18.2 Å². The molecule has 9 heteroatoms. The predicted octanol–water partition coefficient (Wildman–Crippen LogP) is 1.43. The molecule has 9 nitrogen and oxygen atoms in total. The molecule has 1 amide bonds. The summed E-state index contributed by atoms with van der Waals surface area (Å²) >= 11 is 0. The quantitative estimate of drug-likeness (QED) is 0.855. The Morgan fingerprint density at radius 2 is 2.00 bits per heavy atom. The zero-order valence-corrected chi connectivity index (χ0v) is 14.4. The number of oxazole rings is 1. The third-order valence-electron chi connectivity index (χ3n) is 4.40. The van der Waals surface area contributed by atoms with Crippen LogP contribution in [0.3, 0.4) is 0 Å². The van der Waals surface area contributed by atoms with Crippen LogP contribution in [-0.4, -0.2) is 65.9 Å². The number of amides is 1. The summed E-state index contributed by atoms with van der Waals surface area (Å²) < 4.78 is 22.0. The van der Waals surface area contributed by atoms with Crippen molar-refractivity contribution in [1.82, 2.24) is 9.88 Å². The molecule has 1 saturated heterocycles. The van der Waals surface area contributed by atoms with Gasteiger partial charge in [0, 0.05) is 18.7 Å². The maximum absolute atomic E-state index is 12.9. The highest BCUT2D eigenvalue weighted by atomic mass is 16.6. The lowest BCUT2D eigenvalue weighted by atomic mass is 10.1. The van der Waals surface area contributed by atoms with Crippen molar-refractivity contribution in [3.63, 3.8) is 0 Å². The van der Waals surface area contributed by atoms with Crippen molar-refractivity contribution in [3.05, 3.63) is 30.3 Å². The molecule has 2 aliphatic rings. The summed E-state index contributed by atoms with van der Waals surface area (Å²) in [6, 6.07) is 5.29. The number of hydrogen-bond donors (Lipinski definition) is 1. The number of rotatable bonds is 4. The van der Waals surface area contributed by atoms with Crippen molar-refractivity contribution in [1.29, 1.82) is 0 Å². The number of ether oxygens (including phenoxy) is 3. The Balaban J connectivity index is 1.56. The van der Waals surface area contributed by atoms with Gasteiger partial charge in [-0.25, -0.2) is 4.98 Å². The van der Waals surface area contributed by atoms with Gasteiger partial charge in [0.05, 0.1) is 19.1 Å². The smallest absolute Gasteiger partial charge is 0.306 e. The highest BCUT2D eigenvalue weighted by Gasteiger charge is 2.30. The van der Waals surface area contributed by atoms with Crippen LogP contribution in [0.5, 0.6) is 11.5 Å². The zero-order chi connectivity index (χ0) is 18.8. The molecule has 0 spiro atoms. The van der Waals surface area contributed by atoms with Crippen LogP contribution in [-0.2, 0) is 9.53 Å². The van der Waals surface area contributed by atoms with Crippen LogP contribution in [0.25, 0.3) is 11.3 Å². The third kappa shape index (κ3) is 3.59. The highest BCUT2D eigenvalue weighted by Crippen LogP contribution is 2.35. The van der Waals surface area contributed by atoms with Gasteiger partial charge >= 0.3 is 5.97 Å². The van der Waals surface area contributed by atoms with Crippen molar-refractivity contribution in [3.8, 4) is 22.8 Å². The van der Waals surface area contributed by atoms with E-state index in [9.17, 15) is 9.59 Å². The van der Waals surface area contributed by atoms with Crippen LogP contribution in [0.4, 0.5) is 0 Å². The predicted molar refractivity (Wildman–Crippen MR) is 90.8 cm³/mol. The van der Waals surface area contributed by atoms with E-state index in [2.05, 4.69) is 4.98 Å². The molecular weight excluding hydrogens is 356 g/mol. The second-order valence-electron chi connectivity index (χ2n) is 6.23. The average molecular weight is 374 g/mol. The van der Waals surface area contributed by atoms with Crippen LogP contribution >= 0.6 is 0 Å². The largest absolute Gasteiger partial charge is 0.486 e. The van der Waals surface area contributed by atoms with Gasteiger partial charge in [-0.3, -0.25) is 9.59 Å². The lowest BCUT2D eigenvalue weighted by molar-refractivity contribution is -0.141. The summed E-state index contributed by atoms with van der Waals surface area (Å²) in [6.07, 6.45) is 0.524. The minimum absolute atomic E-state index is 0.155. The van der Waals surface area contributed by atoms with E-state index in [4.69, 9.17) is 23.7 Å². The highest BCUT2D eigenvalue weighted by molar-refractivity contribution is 5.97. The SMILES string of the molecule is O=C(O)C[C@@H]1CN(C(=O)c2ncoc2-c2ccc3c(c2)OCCO3)CCO1. The molecule has 0 bridgehead atoms. The molecule has 0 saturated carbocycles. The number of fused-ring (bicyclic) bond motifs is 1. The van der Waals surface area contributed by atoms with Crippen LogP contribution in [0.2, 0.25) is 0 Å². The summed E-state index contributed by atoms with van der Waals surface area (Å²) in [4.78, 5) is 29.4. The second kappa shape index (κ2) is 7.28. The van der Waals surface area contributed by atoms with E-state index >= 15 is 0 Å². The Hall–Kier alpha value is -3.07. The third-order valence-corrected chi connectivity index (χ3v) is 4.40. The van der Waals surface area contributed by atoms with Crippen LogP contribution < -0.4 is 9.47 Å². The molecule has 0 unspecified atom stereocenters. The number of aliphatic carboxylic acids is 1. The minimum atomic E-state index is -0.965. The van der Waals surface area contributed by atoms with Crippen molar-refractivity contribution in [2.24, 2.45) is 0 Å². The molecule has 3 heterocycles. The first-order chi connectivity index (χ1) is 13.1. The summed E-state index contributed by atoms with van der Waals surface area (Å²) in [7, 11) is 0. The van der Waals surface area contributed by atoms with Gasteiger partial charge in [-0.1, -0.05) is 0 Å². The average Bonchev–Trinajstić information content (AvgIpc) is 3.16. The fourth-order valence-electron chi connectivity index (χ4n) is 3.16. The van der Waals surface area contributed by atoms with Gasteiger partial charge in [0.2, 0.25) is 0 Å². The Morgan fingerprint density at radius 3 is 2.81 bits per heavy atom. The molecule has 0 aliphatic carbocycles. The van der Waals surface area contributed by atoms with E-state index in [-0.39, 0.29) is 31.2 Å². The lowest BCUT2D eigenvalue weighted by Gasteiger charge is -2.31. The Kier molecular flexibility index (Phi) is 4.68. The zero-order valence-electron chi connectivity index (χ0n) is 14.4. The van der Waals surface area contributed by atoms with E-state index in [0.717, 1.165) is 0 Å².